The molecule has 2 aromatic rings. The molecule has 6 nitrogen and oxygen atoms in total. The van der Waals surface area contributed by atoms with Crippen molar-refractivity contribution in [2.24, 2.45) is 0 Å². The lowest BCUT2D eigenvalue weighted by Gasteiger charge is -2.20. The molecule has 0 aliphatic carbocycles. The summed E-state index contributed by atoms with van der Waals surface area (Å²) in [7, 11) is 2.02. The minimum absolute atomic E-state index is 0.148. The van der Waals surface area contributed by atoms with Crippen LogP contribution < -0.4 is 15.5 Å². The van der Waals surface area contributed by atoms with Crippen molar-refractivity contribution in [3.63, 3.8) is 0 Å². The number of para-hydroxylation sites is 1. The number of nitrogens with one attached hydrogen (secondary N) is 2. The quantitative estimate of drug-likeness (QED) is 0.633. The van der Waals surface area contributed by atoms with Gasteiger partial charge in [-0.1, -0.05) is 18.2 Å². The second-order valence-electron chi connectivity index (χ2n) is 5.60. The van der Waals surface area contributed by atoms with Gasteiger partial charge in [0, 0.05) is 49.7 Å². The minimum Gasteiger partial charge on any atom is -0.384 e. The highest BCUT2D eigenvalue weighted by Crippen LogP contribution is 2.36. The minimum atomic E-state index is -0.318. The van der Waals surface area contributed by atoms with Crippen molar-refractivity contribution < 1.29 is 4.92 Å². The average molecular weight is 312 g/mol. The number of hydrogen-bond donors (Lipinski definition) is 2. The summed E-state index contributed by atoms with van der Waals surface area (Å²) < 4.78 is 0. The van der Waals surface area contributed by atoms with Crippen LogP contribution in [0.25, 0.3) is 0 Å². The standard InChI is InChI=1S/C17H20N4O2/c1-20(13-5-3-2-4-6-13)12-11-19-17-14-9-10-18-15(14)7-8-16(17)21(22)23/h2-8,18-19H,9-12H2,1H3. The first kappa shape index (κ1) is 15.1. The molecule has 0 atom stereocenters. The van der Waals surface area contributed by atoms with E-state index in [-0.39, 0.29) is 10.6 Å². The van der Waals surface area contributed by atoms with Crippen molar-refractivity contribution in [2.45, 2.75) is 6.42 Å². The van der Waals surface area contributed by atoms with Gasteiger partial charge in [0.1, 0.15) is 5.69 Å². The van der Waals surface area contributed by atoms with E-state index in [0.29, 0.717) is 12.2 Å². The molecule has 0 amide bonds. The molecular weight excluding hydrogens is 292 g/mol. The Balaban J connectivity index is 1.71. The Morgan fingerprint density at radius 2 is 2.04 bits per heavy atom. The summed E-state index contributed by atoms with van der Waals surface area (Å²) in [5, 5.41) is 17.8. The highest BCUT2D eigenvalue weighted by molar-refractivity contribution is 5.77. The third-order valence-corrected chi connectivity index (χ3v) is 4.12. The molecule has 0 unspecified atom stereocenters. The van der Waals surface area contributed by atoms with Crippen molar-refractivity contribution >= 4 is 22.7 Å². The number of hydrogen-bond acceptors (Lipinski definition) is 5. The molecule has 0 bridgehead atoms. The zero-order chi connectivity index (χ0) is 16.2. The first-order valence-corrected chi connectivity index (χ1v) is 7.71. The van der Waals surface area contributed by atoms with Gasteiger partial charge in [0.25, 0.3) is 5.69 Å². The Kier molecular flexibility index (Phi) is 4.32. The van der Waals surface area contributed by atoms with Gasteiger partial charge in [-0.2, -0.15) is 0 Å². The van der Waals surface area contributed by atoms with Gasteiger partial charge >= 0.3 is 0 Å². The van der Waals surface area contributed by atoms with E-state index in [1.807, 2.05) is 37.4 Å². The molecule has 0 aromatic heterocycles. The Hall–Kier alpha value is -2.76. The molecule has 0 spiro atoms. The summed E-state index contributed by atoms with van der Waals surface area (Å²) in [6.07, 6.45) is 0.813. The van der Waals surface area contributed by atoms with Crippen molar-refractivity contribution in [1.29, 1.82) is 0 Å². The summed E-state index contributed by atoms with van der Waals surface area (Å²) in [5.41, 5.74) is 3.94. The third-order valence-electron chi connectivity index (χ3n) is 4.12. The summed E-state index contributed by atoms with van der Waals surface area (Å²) in [6.45, 7) is 2.23. The number of likely N-dealkylation sites (N-methyl/N-ethyl adjacent to an activating group) is 1. The smallest absolute Gasteiger partial charge is 0.292 e. The summed E-state index contributed by atoms with van der Waals surface area (Å²) >= 11 is 0. The third kappa shape index (κ3) is 3.21. The van der Waals surface area contributed by atoms with Crippen molar-refractivity contribution in [3.05, 3.63) is 58.1 Å². The van der Waals surface area contributed by atoms with Crippen LogP contribution in [-0.4, -0.2) is 31.6 Å². The van der Waals surface area contributed by atoms with Gasteiger partial charge in [-0.25, -0.2) is 0 Å². The molecule has 0 saturated heterocycles. The topological polar surface area (TPSA) is 70.4 Å². The van der Waals surface area contributed by atoms with Crippen LogP contribution in [-0.2, 0) is 6.42 Å². The number of nitrogens with zero attached hydrogens (tertiary/aromatic N) is 2. The first-order chi connectivity index (χ1) is 11.2. The van der Waals surface area contributed by atoms with Crippen LogP contribution in [0.4, 0.5) is 22.7 Å². The van der Waals surface area contributed by atoms with Crippen molar-refractivity contribution in [3.8, 4) is 0 Å². The van der Waals surface area contributed by atoms with Crippen LogP contribution in [0.5, 0.6) is 0 Å². The van der Waals surface area contributed by atoms with Crippen LogP contribution in [0.15, 0.2) is 42.5 Å². The van der Waals surface area contributed by atoms with Crippen LogP contribution >= 0.6 is 0 Å². The number of anilines is 3. The molecule has 0 saturated carbocycles. The van der Waals surface area contributed by atoms with Crippen molar-refractivity contribution in [2.75, 3.05) is 42.2 Å². The molecule has 23 heavy (non-hydrogen) atoms. The van der Waals surface area contributed by atoms with E-state index >= 15 is 0 Å². The molecule has 3 rings (SSSR count). The maximum Gasteiger partial charge on any atom is 0.292 e. The molecular formula is C17H20N4O2. The Morgan fingerprint density at radius 3 is 2.78 bits per heavy atom. The number of fused-ring (bicyclic) bond motifs is 1. The second-order valence-corrected chi connectivity index (χ2v) is 5.60. The highest BCUT2D eigenvalue weighted by atomic mass is 16.6. The lowest BCUT2D eigenvalue weighted by atomic mass is 10.1. The van der Waals surface area contributed by atoms with Gasteiger partial charge in [0.15, 0.2) is 0 Å². The number of nitro benzene ring substituents is 1. The van der Waals surface area contributed by atoms with Gasteiger partial charge < -0.3 is 15.5 Å². The summed E-state index contributed by atoms with van der Waals surface area (Å²) in [6, 6.07) is 13.4. The fourth-order valence-electron chi connectivity index (χ4n) is 2.89. The number of nitro groups is 1. The van der Waals surface area contributed by atoms with Crippen LogP contribution in [0.2, 0.25) is 0 Å². The predicted octanol–water partition coefficient (Wildman–Crippen LogP) is 3.11. The normalized spacial score (nSPS) is 12.4. The lowest BCUT2D eigenvalue weighted by Crippen LogP contribution is -2.25. The van der Waals surface area contributed by atoms with Crippen molar-refractivity contribution in [1.82, 2.24) is 0 Å². The monoisotopic (exact) mass is 312 g/mol. The molecule has 0 fully saturated rings. The molecule has 6 heteroatoms. The highest BCUT2D eigenvalue weighted by Gasteiger charge is 2.23. The van der Waals surface area contributed by atoms with Gasteiger partial charge in [0.2, 0.25) is 0 Å². The largest absolute Gasteiger partial charge is 0.384 e. The van der Waals surface area contributed by atoms with E-state index in [1.165, 1.54) is 0 Å². The van der Waals surface area contributed by atoms with Gasteiger partial charge in [-0.15, -0.1) is 0 Å². The first-order valence-electron chi connectivity index (χ1n) is 7.71. The number of rotatable bonds is 6. The average Bonchev–Trinajstić information content (AvgIpc) is 3.04. The van der Waals surface area contributed by atoms with E-state index in [4.69, 9.17) is 0 Å². The van der Waals surface area contributed by atoms with E-state index in [0.717, 1.165) is 36.4 Å². The fraction of sp³-hybridized carbons (Fsp3) is 0.294. The predicted molar refractivity (Wildman–Crippen MR) is 93.5 cm³/mol. The lowest BCUT2D eigenvalue weighted by molar-refractivity contribution is -0.384. The maximum absolute atomic E-state index is 11.3. The van der Waals surface area contributed by atoms with E-state index < -0.39 is 0 Å². The molecule has 2 N–H and O–H groups in total. The zero-order valence-electron chi connectivity index (χ0n) is 13.1. The van der Waals surface area contributed by atoms with E-state index in [9.17, 15) is 10.1 Å². The molecule has 1 aliphatic rings. The maximum atomic E-state index is 11.3. The second kappa shape index (κ2) is 6.56. The molecule has 0 radical (unpaired) electrons. The molecule has 1 heterocycles. The van der Waals surface area contributed by atoms with E-state index in [2.05, 4.69) is 15.5 Å². The van der Waals surface area contributed by atoms with Gasteiger partial charge in [-0.3, -0.25) is 10.1 Å². The Labute approximate surface area is 135 Å². The Morgan fingerprint density at radius 1 is 1.26 bits per heavy atom. The van der Waals surface area contributed by atoms with E-state index in [1.54, 1.807) is 12.1 Å². The fourth-order valence-corrected chi connectivity index (χ4v) is 2.89. The van der Waals surface area contributed by atoms with Gasteiger partial charge in [-0.05, 0) is 24.6 Å². The number of benzene rings is 2. The summed E-state index contributed by atoms with van der Waals surface area (Å²) in [5.74, 6) is 0. The van der Waals surface area contributed by atoms with Crippen LogP contribution in [0.3, 0.4) is 0 Å². The Bertz CT molecular complexity index is 703. The molecule has 1 aliphatic heterocycles. The van der Waals surface area contributed by atoms with Crippen LogP contribution in [0, 0.1) is 10.1 Å². The summed E-state index contributed by atoms with van der Waals surface area (Å²) in [4.78, 5) is 13.1. The SMILES string of the molecule is CN(CCNc1c([N+](=O)[O-])ccc2c1CCN2)c1ccccc1. The van der Waals surface area contributed by atoms with Crippen LogP contribution in [0.1, 0.15) is 5.56 Å². The molecule has 2 aromatic carbocycles. The molecule has 120 valence electrons. The zero-order valence-corrected chi connectivity index (χ0v) is 13.1. The van der Waals surface area contributed by atoms with Gasteiger partial charge in [0.05, 0.1) is 4.92 Å².